The van der Waals surface area contributed by atoms with Crippen LogP contribution in [0.1, 0.15) is 11.1 Å². The molecule has 19 heavy (non-hydrogen) atoms. The van der Waals surface area contributed by atoms with Gasteiger partial charge in [0.15, 0.2) is 0 Å². The number of rotatable bonds is 4. The number of hydrogen-bond acceptors (Lipinski definition) is 3. The van der Waals surface area contributed by atoms with Crippen molar-refractivity contribution in [1.29, 1.82) is 5.26 Å². The van der Waals surface area contributed by atoms with Gasteiger partial charge in [0.25, 0.3) is 0 Å². The summed E-state index contributed by atoms with van der Waals surface area (Å²) in [7, 11) is 1.66. The minimum Gasteiger partial charge on any atom is -0.457 e. The minimum atomic E-state index is 0.550. The molecule has 0 aliphatic carbocycles. The highest BCUT2D eigenvalue weighted by Gasteiger charge is 2.03. The first-order valence-corrected chi connectivity index (χ1v) is 6.47. The zero-order chi connectivity index (χ0) is 13.7. The van der Waals surface area contributed by atoms with Crippen LogP contribution in [0.3, 0.4) is 0 Å². The van der Waals surface area contributed by atoms with Crippen molar-refractivity contribution in [3.63, 3.8) is 0 Å². The molecule has 0 N–H and O–H groups in total. The van der Waals surface area contributed by atoms with Crippen molar-refractivity contribution in [1.82, 2.24) is 0 Å². The molecule has 3 nitrogen and oxygen atoms in total. The Hall–Kier alpha value is -1.83. The van der Waals surface area contributed by atoms with Crippen molar-refractivity contribution < 1.29 is 9.47 Å². The normalized spacial score (nSPS) is 9.95. The molecule has 0 unspecified atom stereocenters. The fraction of sp³-hybridized carbons (Fsp3) is 0.133. The molecule has 0 spiro atoms. The topological polar surface area (TPSA) is 42.2 Å². The van der Waals surface area contributed by atoms with E-state index in [0.29, 0.717) is 17.9 Å². The van der Waals surface area contributed by atoms with Crippen LogP contribution in [0.2, 0.25) is 0 Å². The first kappa shape index (κ1) is 13.6. The summed E-state index contributed by atoms with van der Waals surface area (Å²) in [5, 5.41) is 8.86. The van der Waals surface area contributed by atoms with Gasteiger partial charge in [-0.15, -0.1) is 0 Å². The zero-order valence-electron chi connectivity index (χ0n) is 10.4. The Labute approximate surface area is 120 Å². The van der Waals surface area contributed by atoms with Gasteiger partial charge in [-0.3, -0.25) is 0 Å². The van der Waals surface area contributed by atoms with Gasteiger partial charge in [-0.05, 0) is 51.8 Å². The van der Waals surface area contributed by atoms with E-state index in [4.69, 9.17) is 14.7 Å². The second-order valence-corrected chi connectivity index (χ2v) is 4.79. The molecule has 0 saturated heterocycles. The lowest BCUT2D eigenvalue weighted by Crippen LogP contribution is -1.90. The molecular formula is C15H12BrNO2. The number of ether oxygens (including phenoxy) is 2. The van der Waals surface area contributed by atoms with Gasteiger partial charge in [-0.25, -0.2) is 0 Å². The van der Waals surface area contributed by atoms with E-state index in [1.54, 1.807) is 25.3 Å². The van der Waals surface area contributed by atoms with E-state index in [1.165, 1.54) is 0 Å². The van der Waals surface area contributed by atoms with Gasteiger partial charge >= 0.3 is 0 Å². The van der Waals surface area contributed by atoms with Crippen LogP contribution in [0.5, 0.6) is 11.5 Å². The van der Waals surface area contributed by atoms with E-state index in [2.05, 4.69) is 22.0 Å². The van der Waals surface area contributed by atoms with E-state index in [1.807, 2.05) is 24.3 Å². The molecule has 0 saturated carbocycles. The van der Waals surface area contributed by atoms with Crippen LogP contribution in [0.15, 0.2) is 46.9 Å². The molecule has 0 aliphatic rings. The molecule has 0 bridgehead atoms. The van der Waals surface area contributed by atoms with Crippen LogP contribution in [-0.2, 0) is 11.3 Å². The highest BCUT2D eigenvalue weighted by Crippen LogP contribution is 2.27. The molecule has 2 aromatic carbocycles. The third-order valence-electron chi connectivity index (χ3n) is 2.51. The third-order valence-corrected chi connectivity index (χ3v) is 3.16. The van der Waals surface area contributed by atoms with Gasteiger partial charge in [0.1, 0.15) is 17.6 Å². The fourth-order valence-corrected chi connectivity index (χ4v) is 2.10. The third kappa shape index (κ3) is 3.57. The molecule has 0 radical (unpaired) electrons. The molecule has 0 aromatic heterocycles. The molecular weight excluding hydrogens is 306 g/mol. The highest BCUT2D eigenvalue weighted by molar-refractivity contribution is 9.10. The maximum atomic E-state index is 8.86. The van der Waals surface area contributed by atoms with Gasteiger partial charge in [-0.1, -0.05) is 12.1 Å². The molecule has 0 heterocycles. The molecule has 2 aromatic rings. The van der Waals surface area contributed by atoms with Crippen molar-refractivity contribution >= 4 is 15.9 Å². The molecule has 2 rings (SSSR count). The molecule has 0 amide bonds. The number of halogens is 1. The maximum Gasteiger partial charge on any atom is 0.128 e. The van der Waals surface area contributed by atoms with E-state index < -0.39 is 0 Å². The number of benzene rings is 2. The lowest BCUT2D eigenvalue weighted by molar-refractivity contribution is 0.184. The van der Waals surface area contributed by atoms with Gasteiger partial charge in [-0.2, -0.15) is 5.26 Å². The summed E-state index contributed by atoms with van der Waals surface area (Å²) in [4.78, 5) is 0. The molecule has 96 valence electrons. The average Bonchev–Trinajstić information content (AvgIpc) is 2.40. The summed E-state index contributed by atoms with van der Waals surface area (Å²) in [6.07, 6.45) is 0. The highest BCUT2D eigenvalue weighted by atomic mass is 79.9. The second kappa shape index (κ2) is 6.37. The average molecular weight is 318 g/mol. The largest absolute Gasteiger partial charge is 0.457 e. The van der Waals surface area contributed by atoms with E-state index in [-0.39, 0.29) is 0 Å². The Bertz CT molecular complexity index is 620. The Morgan fingerprint density at radius 1 is 1.16 bits per heavy atom. The number of methoxy groups -OCH3 is 1. The van der Waals surface area contributed by atoms with Crippen molar-refractivity contribution in [3.8, 4) is 17.6 Å². The number of nitriles is 1. The lowest BCUT2D eigenvalue weighted by atomic mass is 10.2. The van der Waals surface area contributed by atoms with Crippen molar-refractivity contribution in [2.75, 3.05) is 7.11 Å². The summed E-state index contributed by atoms with van der Waals surface area (Å²) in [6.45, 7) is 0.550. The number of nitrogens with zero attached hydrogens (tertiary/aromatic N) is 1. The summed E-state index contributed by atoms with van der Waals surface area (Å²) >= 11 is 3.34. The minimum absolute atomic E-state index is 0.550. The van der Waals surface area contributed by atoms with E-state index in [9.17, 15) is 0 Å². The quantitative estimate of drug-likeness (QED) is 0.846. The van der Waals surface area contributed by atoms with Gasteiger partial charge in [0.2, 0.25) is 0 Å². The van der Waals surface area contributed by atoms with Crippen molar-refractivity contribution in [2.45, 2.75) is 6.61 Å². The van der Waals surface area contributed by atoms with Gasteiger partial charge < -0.3 is 9.47 Å². The van der Waals surface area contributed by atoms with Crippen LogP contribution in [0, 0.1) is 11.3 Å². The Morgan fingerprint density at radius 2 is 1.95 bits per heavy atom. The van der Waals surface area contributed by atoms with Gasteiger partial charge in [0, 0.05) is 11.6 Å². The van der Waals surface area contributed by atoms with Crippen LogP contribution >= 0.6 is 15.9 Å². The van der Waals surface area contributed by atoms with Crippen LogP contribution < -0.4 is 4.74 Å². The summed E-state index contributed by atoms with van der Waals surface area (Å²) in [5.74, 6) is 1.42. The fourth-order valence-electron chi connectivity index (χ4n) is 1.65. The van der Waals surface area contributed by atoms with E-state index in [0.717, 1.165) is 15.8 Å². The van der Waals surface area contributed by atoms with Crippen molar-refractivity contribution in [2.24, 2.45) is 0 Å². The lowest BCUT2D eigenvalue weighted by Gasteiger charge is -2.08. The first-order chi connectivity index (χ1) is 9.22. The SMILES string of the molecule is COCc1cccc(Oc2ccc(C#N)c(Br)c2)c1. The van der Waals surface area contributed by atoms with E-state index >= 15 is 0 Å². The standard InChI is InChI=1S/C15H12BrNO2/c1-18-10-11-3-2-4-13(7-11)19-14-6-5-12(9-17)15(16)8-14/h2-8H,10H2,1H3. The Kier molecular flexibility index (Phi) is 4.56. The molecule has 4 heteroatoms. The Morgan fingerprint density at radius 3 is 2.63 bits per heavy atom. The second-order valence-electron chi connectivity index (χ2n) is 3.94. The van der Waals surface area contributed by atoms with Crippen molar-refractivity contribution in [3.05, 3.63) is 58.1 Å². The van der Waals surface area contributed by atoms with Crippen LogP contribution in [0.25, 0.3) is 0 Å². The van der Waals surface area contributed by atoms with Crippen LogP contribution in [-0.4, -0.2) is 7.11 Å². The molecule has 0 aliphatic heterocycles. The smallest absolute Gasteiger partial charge is 0.128 e. The molecule has 0 fully saturated rings. The summed E-state index contributed by atoms with van der Waals surface area (Å²) in [5.41, 5.74) is 1.63. The zero-order valence-corrected chi connectivity index (χ0v) is 12.0. The first-order valence-electron chi connectivity index (χ1n) is 5.68. The van der Waals surface area contributed by atoms with Gasteiger partial charge in [0.05, 0.1) is 12.2 Å². The predicted octanol–water partition coefficient (Wildman–Crippen LogP) is 4.26. The van der Waals surface area contributed by atoms with Crippen LogP contribution in [0.4, 0.5) is 0 Å². The monoisotopic (exact) mass is 317 g/mol. The Balaban J connectivity index is 2.19. The summed E-state index contributed by atoms with van der Waals surface area (Å²) < 4.78 is 11.6. The molecule has 0 atom stereocenters. The maximum absolute atomic E-state index is 8.86. The predicted molar refractivity (Wildman–Crippen MR) is 76.1 cm³/mol. The summed E-state index contributed by atoms with van der Waals surface area (Å²) in [6, 6.07) is 15.1. The number of hydrogen-bond donors (Lipinski definition) is 0.